The van der Waals surface area contributed by atoms with Crippen molar-refractivity contribution >= 4 is 11.6 Å². The first-order valence-corrected chi connectivity index (χ1v) is 7.56. The number of hydrogen-bond acceptors (Lipinski definition) is 4. The summed E-state index contributed by atoms with van der Waals surface area (Å²) in [5.74, 6) is 1.11. The first-order valence-electron chi connectivity index (χ1n) is 7.56. The van der Waals surface area contributed by atoms with Crippen molar-refractivity contribution in [1.82, 2.24) is 0 Å². The van der Waals surface area contributed by atoms with Crippen LogP contribution in [0.1, 0.15) is 33.6 Å². The summed E-state index contributed by atoms with van der Waals surface area (Å²) < 4.78 is 11.0. The van der Waals surface area contributed by atoms with Crippen molar-refractivity contribution in [3.8, 4) is 11.5 Å². The topological polar surface area (TPSA) is 73.6 Å². The fourth-order valence-corrected chi connectivity index (χ4v) is 2.08. The van der Waals surface area contributed by atoms with Crippen molar-refractivity contribution in [2.75, 3.05) is 25.1 Å². The van der Waals surface area contributed by atoms with Gasteiger partial charge in [-0.15, -0.1) is 0 Å². The lowest BCUT2D eigenvalue weighted by Crippen LogP contribution is -2.29. The highest BCUT2D eigenvalue weighted by Gasteiger charge is 2.16. The molecule has 0 fully saturated rings. The molecule has 0 aromatic heterocycles. The van der Waals surface area contributed by atoms with Crippen molar-refractivity contribution in [2.24, 2.45) is 11.7 Å². The lowest BCUT2D eigenvalue weighted by Gasteiger charge is -2.16. The van der Waals surface area contributed by atoms with Crippen LogP contribution in [0.2, 0.25) is 0 Å². The van der Waals surface area contributed by atoms with Crippen molar-refractivity contribution < 1.29 is 14.3 Å². The molecule has 5 nitrogen and oxygen atoms in total. The second-order valence-corrected chi connectivity index (χ2v) is 4.74. The van der Waals surface area contributed by atoms with Crippen LogP contribution in [0, 0.1) is 5.92 Å². The molecule has 1 rings (SSSR count). The highest BCUT2D eigenvalue weighted by atomic mass is 16.5. The number of benzene rings is 1. The van der Waals surface area contributed by atoms with Crippen LogP contribution in [0.3, 0.4) is 0 Å². The maximum Gasteiger partial charge on any atom is 0.228 e. The molecular weight excluding hydrogens is 268 g/mol. The van der Waals surface area contributed by atoms with Gasteiger partial charge in [-0.2, -0.15) is 0 Å². The molecule has 0 aliphatic heterocycles. The molecule has 3 N–H and O–H groups in total. The maximum absolute atomic E-state index is 12.2. The fourth-order valence-electron chi connectivity index (χ4n) is 2.08. The predicted octanol–water partition coefficient (Wildman–Crippen LogP) is 2.80. The molecule has 21 heavy (non-hydrogen) atoms. The quantitative estimate of drug-likeness (QED) is 0.734. The van der Waals surface area contributed by atoms with Crippen LogP contribution in [0.5, 0.6) is 11.5 Å². The minimum Gasteiger partial charge on any atom is -0.490 e. The van der Waals surface area contributed by atoms with E-state index in [1.165, 1.54) is 0 Å². The van der Waals surface area contributed by atoms with Gasteiger partial charge in [0.25, 0.3) is 0 Å². The maximum atomic E-state index is 12.2. The molecule has 1 unspecified atom stereocenters. The zero-order valence-corrected chi connectivity index (χ0v) is 13.1. The third kappa shape index (κ3) is 5.27. The van der Waals surface area contributed by atoms with Gasteiger partial charge < -0.3 is 20.5 Å². The Morgan fingerprint density at radius 1 is 1.19 bits per heavy atom. The standard InChI is InChI=1S/C16H26N2O3/c1-4-7-12(11-17)16(19)18-13-8-9-14(20-5-2)15(10-13)21-6-3/h8-10,12H,4-7,11,17H2,1-3H3,(H,18,19). The molecule has 0 saturated carbocycles. The van der Waals surface area contributed by atoms with Crippen molar-refractivity contribution in [3.05, 3.63) is 18.2 Å². The monoisotopic (exact) mass is 294 g/mol. The molecule has 0 radical (unpaired) electrons. The Kier molecular flexibility index (Phi) is 7.61. The van der Waals surface area contributed by atoms with Crippen LogP contribution >= 0.6 is 0 Å². The Bertz CT molecular complexity index is 449. The van der Waals surface area contributed by atoms with Crippen LogP contribution in [0.15, 0.2) is 18.2 Å². The van der Waals surface area contributed by atoms with Gasteiger partial charge in [0.15, 0.2) is 11.5 Å². The van der Waals surface area contributed by atoms with Crippen LogP contribution < -0.4 is 20.5 Å². The van der Waals surface area contributed by atoms with E-state index in [0.717, 1.165) is 12.8 Å². The number of nitrogens with one attached hydrogen (secondary N) is 1. The Hall–Kier alpha value is -1.75. The Labute approximate surface area is 126 Å². The molecular formula is C16H26N2O3. The van der Waals surface area contributed by atoms with E-state index in [1.54, 1.807) is 12.1 Å². The van der Waals surface area contributed by atoms with Gasteiger partial charge >= 0.3 is 0 Å². The van der Waals surface area contributed by atoms with E-state index in [1.807, 2.05) is 26.8 Å². The second-order valence-electron chi connectivity index (χ2n) is 4.74. The number of nitrogens with two attached hydrogens (primary N) is 1. The molecule has 118 valence electrons. The van der Waals surface area contributed by atoms with E-state index in [0.29, 0.717) is 36.9 Å². The van der Waals surface area contributed by atoms with Gasteiger partial charge in [-0.1, -0.05) is 13.3 Å². The Morgan fingerprint density at radius 3 is 2.43 bits per heavy atom. The zero-order valence-electron chi connectivity index (χ0n) is 13.1. The van der Waals surface area contributed by atoms with Crippen molar-refractivity contribution in [3.63, 3.8) is 0 Å². The first-order chi connectivity index (χ1) is 10.2. The third-order valence-corrected chi connectivity index (χ3v) is 3.10. The molecule has 0 bridgehead atoms. The minimum absolute atomic E-state index is 0.0500. The molecule has 0 aliphatic carbocycles. The van der Waals surface area contributed by atoms with Crippen LogP contribution in [-0.4, -0.2) is 25.7 Å². The summed E-state index contributed by atoms with van der Waals surface area (Å²) >= 11 is 0. The molecule has 5 heteroatoms. The normalized spacial score (nSPS) is 11.8. The molecule has 1 aromatic carbocycles. The summed E-state index contributed by atoms with van der Waals surface area (Å²) in [6.07, 6.45) is 1.72. The van der Waals surface area contributed by atoms with Crippen molar-refractivity contribution in [1.29, 1.82) is 0 Å². The van der Waals surface area contributed by atoms with Gasteiger partial charge in [0.05, 0.1) is 19.1 Å². The molecule has 1 amide bonds. The molecule has 0 spiro atoms. The summed E-state index contributed by atoms with van der Waals surface area (Å²) in [5.41, 5.74) is 6.34. The van der Waals surface area contributed by atoms with Gasteiger partial charge in [0.2, 0.25) is 5.91 Å². The van der Waals surface area contributed by atoms with E-state index in [4.69, 9.17) is 15.2 Å². The number of rotatable bonds is 9. The van der Waals surface area contributed by atoms with E-state index in [2.05, 4.69) is 5.32 Å². The number of amides is 1. The van der Waals surface area contributed by atoms with Crippen molar-refractivity contribution in [2.45, 2.75) is 33.6 Å². The number of anilines is 1. The van der Waals surface area contributed by atoms with E-state index in [9.17, 15) is 4.79 Å². The minimum atomic E-state index is -0.155. The lowest BCUT2D eigenvalue weighted by molar-refractivity contribution is -0.119. The number of carbonyl (C=O) groups excluding carboxylic acids is 1. The molecule has 0 aliphatic rings. The van der Waals surface area contributed by atoms with E-state index >= 15 is 0 Å². The first kappa shape index (κ1) is 17.3. The van der Waals surface area contributed by atoms with E-state index in [-0.39, 0.29) is 11.8 Å². The summed E-state index contributed by atoms with van der Waals surface area (Å²) in [5, 5.41) is 2.89. The molecule has 1 atom stereocenters. The van der Waals surface area contributed by atoms with Crippen LogP contribution in [-0.2, 0) is 4.79 Å². The smallest absolute Gasteiger partial charge is 0.228 e. The van der Waals surface area contributed by atoms with Gasteiger partial charge in [-0.05, 0) is 32.4 Å². The Balaban J connectivity index is 2.83. The molecule has 0 heterocycles. The molecule has 1 aromatic rings. The van der Waals surface area contributed by atoms with Gasteiger partial charge in [0, 0.05) is 18.3 Å². The van der Waals surface area contributed by atoms with Crippen LogP contribution in [0.25, 0.3) is 0 Å². The van der Waals surface area contributed by atoms with Gasteiger partial charge in [-0.25, -0.2) is 0 Å². The van der Waals surface area contributed by atoms with Crippen LogP contribution in [0.4, 0.5) is 5.69 Å². The molecule has 0 saturated heterocycles. The number of carbonyl (C=O) groups is 1. The van der Waals surface area contributed by atoms with Gasteiger partial charge in [-0.3, -0.25) is 4.79 Å². The SMILES string of the molecule is CCCC(CN)C(=O)Nc1ccc(OCC)c(OCC)c1. The summed E-state index contributed by atoms with van der Waals surface area (Å²) in [6.45, 7) is 7.33. The third-order valence-electron chi connectivity index (χ3n) is 3.10. The number of hydrogen-bond donors (Lipinski definition) is 2. The Morgan fingerprint density at radius 2 is 1.86 bits per heavy atom. The highest BCUT2D eigenvalue weighted by Crippen LogP contribution is 2.30. The highest BCUT2D eigenvalue weighted by molar-refractivity contribution is 5.93. The zero-order chi connectivity index (χ0) is 15.7. The second kappa shape index (κ2) is 9.23. The average molecular weight is 294 g/mol. The predicted molar refractivity (Wildman–Crippen MR) is 84.9 cm³/mol. The largest absolute Gasteiger partial charge is 0.490 e. The summed E-state index contributed by atoms with van der Waals surface area (Å²) in [4.78, 5) is 12.2. The average Bonchev–Trinajstić information content (AvgIpc) is 2.47. The fraction of sp³-hybridized carbons (Fsp3) is 0.562. The summed E-state index contributed by atoms with van der Waals surface area (Å²) in [6, 6.07) is 5.40. The number of ether oxygens (including phenoxy) is 2. The summed E-state index contributed by atoms with van der Waals surface area (Å²) in [7, 11) is 0. The van der Waals surface area contributed by atoms with E-state index < -0.39 is 0 Å². The van der Waals surface area contributed by atoms with Gasteiger partial charge in [0.1, 0.15) is 0 Å². The lowest BCUT2D eigenvalue weighted by atomic mass is 10.0.